The van der Waals surface area contributed by atoms with Crippen molar-refractivity contribution in [3.05, 3.63) is 35.4 Å². The van der Waals surface area contributed by atoms with Gasteiger partial charge in [0.1, 0.15) is 0 Å². The zero-order valence-electron chi connectivity index (χ0n) is 5.29. The normalized spacial score (nSPS) is 7.80. The summed E-state index contributed by atoms with van der Waals surface area (Å²) in [6.45, 7) is 0. The first-order valence-corrected chi connectivity index (χ1v) is 4.28. The van der Waals surface area contributed by atoms with Gasteiger partial charge in [-0.3, -0.25) is 0 Å². The minimum atomic E-state index is 0.925. The van der Waals surface area contributed by atoms with E-state index in [1.165, 1.54) is 19.2 Å². The van der Waals surface area contributed by atoms with E-state index < -0.39 is 0 Å². The molecule has 0 unspecified atom stereocenters. The summed E-state index contributed by atoms with van der Waals surface area (Å²) < 4.78 is 3.09. The first-order chi connectivity index (χ1) is 4.86. The molecule has 0 heterocycles. The van der Waals surface area contributed by atoms with Crippen LogP contribution in [0.2, 0.25) is 0 Å². The first kappa shape index (κ1) is 7.36. The van der Waals surface area contributed by atoms with Crippen LogP contribution in [0.4, 0.5) is 0 Å². The monoisotopic (exact) mass is 297 g/mol. The Morgan fingerprint density at radius 2 is 1.60 bits per heavy atom. The molecule has 1 aromatic carbocycles. The standard InChI is InChI=1S/C9H5.W/c1-3-9-6-4-8(2)5-7-9;/h1,4-7H;. The predicted octanol–water partition coefficient (Wildman–Crippen LogP) is 1.52. The van der Waals surface area contributed by atoms with Crippen molar-refractivity contribution in [2.75, 3.05) is 0 Å². The van der Waals surface area contributed by atoms with Gasteiger partial charge in [-0.2, -0.15) is 0 Å². The SMILES string of the molecule is C#Cc1ccc([C]#[W])cc1. The van der Waals surface area contributed by atoms with Crippen molar-refractivity contribution in [3.8, 4) is 16.5 Å². The molecule has 0 aliphatic carbocycles. The van der Waals surface area contributed by atoms with Gasteiger partial charge in [-0.25, -0.2) is 0 Å². The Kier molecular flexibility index (Phi) is 2.52. The number of benzene rings is 1. The summed E-state index contributed by atoms with van der Waals surface area (Å²) in [6.07, 6.45) is 5.18. The van der Waals surface area contributed by atoms with Gasteiger partial charge in [-0.05, 0) is 0 Å². The third-order valence-electron chi connectivity index (χ3n) is 1.17. The molecule has 0 spiro atoms. The summed E-state index contributed by atoms with van der Waals surface area (Å²) in [5.74, 6) is 2.56. The van der Waals surface area contributed by atoms with Crippen LogP contribution in [0.3, 0.4) is 0 Å². The molecule has 1 heteroatoms. The van der Waals surface area contributed by atoms with Gasteiger partial charge >= 0.3 is 71.1 Å². The molecule has 10 heavy (non-hydrogen) atoms. The fourth-order valence-electron chi connectivity index (χ4n) is 0.634. The van der Waals surface area contributed by atoms with E-state index in [1.807, 2.05) is 24.3 Å². The van der Waals surface area contributed by atoms with Gasteiger partial charge in [-0.1, -0.05) is 0 Å². The maximum absolute atomic E-state index is 5.18. The van der Waals surface area contributed by atoms with E-state index in [9.17, 15) is 0 Å². The second kappa shape index (κ2) is 3.43. The van der Waals surface area contributed by atoms with Crippen molar-refractivity contribution in [2.24, 2.45) is 0 Å². The second-order valence-electron chi connectivity index (χ2n) is 1.82. The van der Waals surface area contributed by atoms with Crippen molar-refractivity contribution in [3.63, 3.8) is 0 Å². The first-order valence-electron chi connectivity index (χ1n) is 2.81. The molecule has 0 amide bonds. The molecular weight excluding hydrogens is 292 g/mol. The summed E-state index contributed by atoms with van der Waals surface area (Å²) in [6, 6.07) is 7.79. The molecule has 0 saturated heterocycles. The Morgan fingerprint density at radius 1 is 1.10 bits per heavy atom. The average molecular weight is 297 g/mol. The second-order valence-corrected chi connectivity index (χ2v) is 2.56. The molecule has 0 atom stereocenters. The zero-order chi connectivity index (χ0) is 7.40. The molecule has 0 saturated carbocycles. The van der Waals surface area contributed by atoms with Crippen LogP contribution < -0.4 is 0 Å². The fraction of sp³-hybridized carbons (Fsp3) is 0. The van der Waals surface area contributed by atoms with Crippen molar-refractivity contribution in [1.29, 1.82) is 0 Å². The van der Waals surface area contributed by atoms with Gasteiger partial charge in [0.2, 0.25) is 0 Å². The number of terminal acetylenes is 1. The number of rotatable bonds is 0. The Balaban J connectivity index is 3.08. The van der Waals surface area contributed by atoms with Crippen LogP contribution in [0.1, 0.15) is 11.1 Å². The molecule has 0 bridgehead atoms. The van der Waals surface area contributed by atoms with Crippen LogP contribution in [0.5, 0.6) is 0 Å². The third-order valence-corrected chi connectivity index (χ3v) is 2.02. The summed E-state index contributed by atoms with van der Waals surface area (Å²) in [7, 11) is 0. The van der Waals surface area contributed by atoms with Crippen molar-refractivity contribution >= 4 is 0 Å². The molecule has 1 aromatic rings. The number of hydrogen-bond acceptors (Lipinski definition) is 0. The van der Waals surface area contributed by atoms with E-state index in [0.29, 0.717) is 0 Å². The van der Waals surface area contributed by atoms with Crippen LogP contribution in [0.25, 0.3) is 0 Å². The molecule has 0 nitrogen and oxygen atoms in total. The molecule has 0 radical (unpaired) electrons. The van der Waals surface area contributed by atoms with E-state index >= 15 is 0 Å². The number of hydrogen-bond donors (Lipinski definition) is 0. The van der Waals surface area contributed by atoms with Crippen molar-refractivity contribution < 1.29 is 19.2 Å². The van der Waals surface area contributed by atoms with Gasteiger partial charge < -0.3 is 0 Å². The molecule has 1 rings (SSSR count). The Hall–Kier alpha value is -0.752. The summed E-state index contributed by atoms with van der Waals surface area (Å²) in [5.41, 5.74) is 2.04. The molecule has 0 aromatic heterocycles. The molecule has 47 valence electrons. The van der Waals surface area contributed by atoms with Crippen LogP contribution in [-0.4, -0.2) is 0 Å². The fourth-order valence-corrected chi connectivity index (χ4v) is 1.12. The average Bonchev–Trinajstić information content (AvgIpc) is 2.05. The Labute approximate surface area is 71.3 Å². The summed E-state index contributed by atoms with van der Waals surface area (Å²) in [5, 5.41) is 0. The van der Waals surface area contributed by atoms with E-state index in [0.717, 1.165) is 11.1 Å². The molecule has 0 aliphatic heterocycles. The molecule has 0 aliphatic rings. The van der Waals surface area contributed by atoms with E-state index in [-0.39, 0.29) is 0 Å². The van der Waals surface area contributed by atoms with Gasteiger partial charge in [0.15, 0.2) is 0 Å². The topological polar surface area (TPSA) is 0 Å². The van der Waals surface area contributed by atoms with Gasteiger partial charge in [0, 0.05) is 0 Å². The van der Waals surface area contributed by atoms with E-state index in [1.54, 1.807) is 0 Å². The van der Waals surface area contributed by atoms with Gasteiger partial charge in [0.05, 0.1) is 0 Å². The van der Waals surface area contributed by atoms with Gasteiger partial charge in [0.25, 0.3) is 0 Å². The maximum atomic E-state index is 5.18. The van der Waals surface area contributed by atoms with E-state index in [4.69, 9.17) is 6.42 Å². The van der Waals surface area contributed by atoms with E-state index in [2.05, 4.69) is 10.1 Å². The predicted molar refractivity (Wildman–Crippen MR) is 37.4 cm³/mol. The van der Waals surface area contributed by atoms with Crippen LogP contribution >= 0.6 is 0 Å². The van der Waals surface area contributed by atoms with Crippen LogP contribution in [0.15, 0.2) is 24.3 Å². The quantitative estimate of drug-likeness (QED) is 0.637. The van der Waals surface area contributed by atoms with Crippen LogP contribution in [0, 0.1) is 16.5 Å². The summed E-state index contributed by atoms with van der Waals surface area (Å²) >= 11 is 1.34. The van der Waals surface area contributed by atoms with Crippen LogP contribution in [-0.2, 0) is 19.2 Å². The van der Waals surface area contributed by atoms with Crippen molar-refractivity contribution in [1.82, 2.24) is 0 Å². The Bertz CT molecular complexity index is 262. The molecular formula is C9H5W. The Morgan fingerprint density at radius 3 is 2.00 bits per heavy atom. The minimum absolute atomic E-state index is 0.925. The zero-order valence-corrected chi connectivity index (χ0v) is 8.23. The molecule has 0 N–H and O–H groups in total. The van der Waals surface area contributed by atoms with Crippen molar-refractivity contribution in [2.45, 2.75) is 0 Å². The molecule has 0 fully saturated rings. The third kappa shape index (κ3) is 1.61. The van der Waals surface area contributed by atoms with Gasteiger partial charge in [-0.15, -0.1) is 0 Å². The summed E-state index contributed by atoms with van der Waals surface area (Å²) in [4.78, 5) is 0.